The van der Waals surface area contributed by atoms with Gasteiger partial charge in [0.05, 0.1) is 0 Å². The molecular formula is C20H16N8O2. The van der Waals surface area contributed by atoms with Gasteiger partial charge >= 0.3 is 0 Å². The smallest absolute Gasteiger partial charge is 0.186 e. The van der Waals surface area contributed by atoms with Gasteiger partial charge in [0.1, 0.15) is 0 Å². The third-order valence-electron chi connectivity index (χ3n) is 4.80. The van der Waals surface area contributed by atoms with E-state index in [1.807, 2.05) is 0 Å². The van der Waals surface area contributed by atoms with Gasteiger partial charge in [-0.05, 0) is 36.4 Å². The van der Waals surface area contributed by atoms with Crippen molar-refractivity contribution in [2.45, 2.75) is 12.3 Å². The zero-order valence-electron chi connectivity index (χ0n) is 15.6. The minimum atomic E-state index is -0.669. The van der Waals surface area contributed by atoms with Crippen molar-refractivity contribution in [3.63, 3.8) is 0 Å². The van der Waals surface area contributed by atoms with Gasteiger partial charge in [0, 0.05) is 60.7 Å². The summed E-state index contributed by atoms with van der Waals surface area (Å²) in [5.41, 5.74) is 0.548. The molecule has 0 bridgehead atoms. The van der Waals surface area contributed by atoms with Crippen LogP contribution in [-0.2, 0) is 9.59 Å². The molecule has 0 unspecified atom stereocenters. The second kappa shape index (κ2) is 7.24. The van der Waals surface area contributed by atoms with Gasteiger partial charge in [-0.1, -0.05) is 0 Å². The molecule has 0 aromatic carbocycles. The van der Waals surface area contributed by atoms with Gasteiger partial charge in [0.2, 0.25) is 0 Å². The van der Waals surface area contributed by atoms with Crippen molar-refractivity contribution in [2.24, 2.45) is 0 Å². The highest BCUT2D eigenvalue weighted by Crippen LogP contribution is 2.29. The Balaban J connectivity index is 1.56. The lowest BCUT2D eigenvalue weighted by Crippen LogP contribution is -2.31. The van der Waals surface area contributed by atoms with Crippen molar-refractivity contribution in [1.29, 1.82) is 0 Å². The molecule has 0 N–H and O–H groups in total. The zero-order chi connectivity index (χ0) is 20.5. The summed E-state index contributed by atoms with van der Waals surface area (Å²) in [6.07, 6.45) is 14.7. The molecule has 4 aromatic rings. The van der Waals surface area contributed by atoms with Crippen LogP contribution in [0.4, 0.5) is 0 Å². The van der Waals surface area contributed by atoms with Gasteiger partial charge in [-0.3, -0.25) is 9.59 Å². The number of rotatable bonds is 6. The molecule has 1 aliphatic carbocycles. The molecule has 0 fully saturated rings. The molecule has 10 nitrogen and oxygen atoms in total. The van der Waals surface area contributed by atoms with E-state index in [1.165, 1.54) is 12.2 Å². The van der Waals surface area contributed by atoms with Crippen LogP contribution in [0.5, 0.6) is 0 Å². The van der Waals surface area contributed by atoms with E-state index in [0.717, 1.165) is 0 Å². The monoisotopic (exact) mass is 400 g/mol. The van der Waals surface area contributed by atoms with Crippen LogP contribution in [0.2, 0.25) is 0 Å². The second-order valence-electron chi connectivity index (χ2n) is 6.62. The Labute approximate surface area is 170 Å². The van der Waals surface area contributed by atoms with E-state index < -0.39 is 12.3 Å². The summed E-state index contributed by atoms with van der Waals surface area (Å²) in [5.74, 6) is -0.602. The third-order valence-corrected chi connectivity index (χ3v) is 4.80. The van der Waals surface area contributed by atoms with Gasteiger partial charge in [0.25, 0.3) is 0 Å². The maximum absolute atomic E-state index is 13.2. The molecule has 0 saturated carbocycles. The van der Waals surface area contributed by atoms with Gasteiger partial charge in [-0.15, -0.1) is 0 Å². The number of allylic oxidation sites excluding steroid dienone is 4. The lowest BCUT2D eigenvalue weighted by molar-refractivity contribution is -0.116. The SMILES string of the molecule is O=C1C=C(C(n2cccn2)n2cccn2)C(=O)C=C1C(n1cccn1)n1cccn1. The fraction of sp³-hybridized carbons (Fsp3) is 0.100. The Bertz CT molecular complexity index is 1050. The zero-order valence-corrected chi connectivity index (χ0v) is 15.6. The van der Waals surface area contributed by atoms with Crippen molar-refractivity contribution in [3.05, 3.63) is 97.1 Å². The molecule has 148 valence electrons. The van der Waals surface area contributed by atoms with E-state index in [0.29, 0.717) is 0 Å². The molecule has 0 spiro atoms. The number of carbonyl (C=O) groups excluding carboxylic acids is 2. The van der Waals surface area contributed by atoms with Crippen LogP contribution < -0.4 is 0 Å². The predicted octanol–water partition coefficient (Wildman–Crippen LogP) is 1.27. The first-order valence-electron chi connectivity index (χ1n) is 9.21. The Hall–Kier alpha value is -4.34. The third kappa shape index (κ3) is 3.00. The summed E-state index contributed by atoms with van der Waals surface area (Å²) in [5, 5.41) is 17.0. The highest BCUT2D eigenvalue weighted by molar-refractivity contribution is 6.20. The number of nitrogens with zero attached hydrogens (tertiary/aromatic N) is 8. The standard InChI is InChI=1S/C20H16N8O2/c29-17-14-16(20(27-11-3-7-23-27)28-12-4-8-24-28)18(30)13-15(17)19(25-9-1-5-21-25)26-10-2-6-22-26/h1-14,19-20H. The topological polar surface area (TPSA) is 105 Å². The fourth-order valence-electron chi connectivity index (χ4n) is 3.51. The molecule has 4 aromatic heterocycles. The lowest BCUT2D eigenvalue weighted by Gasteiger charge is -2.25. The number of carbonyl (C=O) groups is 2. The van der Waals surface area contributed by atoms with E-state index >= 15 is 0 Å². The summed E-state index contributed by atoms with van der Waals surface area (Å²) in [4.78, 5) is 26.4. The minimum Gasteiger partial charge on any atom is -0.289 e. The molecule has 0 saturated heterocycles. The van der Waals surface area contributed by atoms with Crippen LogP contribution in [0.25, 0.3) is 0 Å². The van der Waals surface area contributed by atoms with Crippen LogP contribution in [-0.4, -0.2) is 50.7 Å². The molecule has 0 atom stereocenters. The quantitative estimate of drug-likeness (QED) is 0.451. The molecular weight excluding hydrogens is 384 g/mol. The summed E-state index contributed by atoms with van der Waals surface area (Å²) >= 11 is 0. The number of hydrogen-bond donors (Lipinski definition) is 0. The summed E-state index contributed by atoms with van der Waals surface area (Å²) in [6, 6.07) is 7.00. The maximum Gasteiger partial charge on any atom is 0.186 e. The van der Waals surface area contributed by atoms with Crippen LogP contribution in [0.15, 0.2) is 97.1 Å². The molecule has 5 rings (SSSR count). The Morgan fingerprint density at radius 2 is 0.833 bits per heavy atom. The Kier molecular flexibility index (Phi) is 4.28. The number of ketones is 2. The first-order valence-corrected chi connectivity index (χ1v) is 9.21. The fourth-order valence-corrected chi connectivity index (χ4v) is 3.51. The number of aromatic nitrogens is 8. The van der Waals surface area contributed by atoms with Crippen molar-refractivity contribution < 1.29 is 9.59 Å². The molecule has 0 radical (unpaired) electrons. The summed E-state index contributed by atoms with van der Waals surface area (Å²) in [6.45, 7) is 0. The van der Waals surface area contributed by atoms with Crippen molar-refractivity contribution >= 4 is 11.6 Å². The number of hydrogen-bond acceptors (Lipinski definition) is 6. The van der Waals surface area contributed by atoms with Crippen LogP contribution in [0.1, 0.15) is 12.3 Å². The predicted molar refractivity (Wildman–Crippen MR) is 104 cm³/mol. The van der Waals surface area contributed by atoms with Crippen molar-refractivity contribution in [3.8, 4) is 0 Å². The van der Waals surface area contributed by atoms with E-state index in [-0.39, 0.29) is 22.7 Å². The normalized spacial score (nSPS) is 14.5. The molecule has 1 aliphatic rings. The molecule has 4 heterocycles. The molecule has 0 amide bonds. The molecule has 30 heavy (non-hydrogen) atoms. The van der Waals surface area contributed by atoms with Gasteiger partial charge < -0.3 is 0 Å². The second-order valence-corrected chi connectivity index (χ2v) is 6.62. The average molecular weight is 400 g/mol. The van der Waals surface area contributed by atoms with Crippen molar-refractivity contribution in [1.82, 2.24) is 39.1 Å². The first kappa shape index (κ1) is 17.7. The van der Waals surface area contributed by atoms with E-state index in [2.05, 4.69) is 20.4 Å². The average Bonchev–Trinajstić information content (AvgIpc) is 3.56. The molecule has 0 aliphatic heterocycles. The van der Waals surface area contributed by atoms with E-state index in [4.69, 9.17) is 0 Å². The maximum atomic E-state index is 13.2. The summed E-state index contributed by atoms with van der Waals surface area (Å²) in [7, 11) is 0. The van der Waals surface area contributed by atoms with Crippen molar-refractivity contribution in [2.75, 3.05) is 0 Å². The first-order chi connectivity index (χ1) is 14.7. The summed E-state index contributed by atoms with van der Waals surface area (Å²) < 4.78 is 6.34. The van der Waals surface area contributed by atoms with Crippen LogP contribution >= 0.6 is 0 Å². The van der Waals surface area contributed by atoms with Gasteiger partial charge in [-0.2, -0.15) is 20.4 Å². The largest absolute Gasteiger partial charge is 0.289 e. The van der Waals surface area contributed by atoms with Gasteiger partial charge in [0.15, 0.2) is 23.9 Å². The van der Waals surface area contributed by atoms with Crippen LogP contribution in [0, 0.1) is 0 Å². The van der Waals surface area contributed by atoms with Crippen LogP contribution in [0.3, 0.4) is 0 Å². The van der Waals surface area contributed by atoms with Gasteiger partial charge in [-0.25, -0.2) is 18.7 Å². The minimum absolute atomic E-state index is 0.274. The Morgan fingerprint density at radius 1 is 0.533 bits per heavy atom. The van der Waals surface area contributed by atoms with E-state index in [1.54, 1.807) is 92.6 Å². The Morgan fingerprint density at radius 3 is 1.07 bits per heavy atom. The highest BCUT2D eigenvalue weighted by atomic mass is 16.1. The highest BCUT2D eigenvalue weighted by Gasteiger charge is 2.33. The lowest BCUT2D eigenvalue weighted by atomic mass is 9.93. The van der Waals surface area contributed by atoms with E-state index in [9.17, 15) is 9.59 Å². The molecule has 10 heteroatoms.